The van der Waals surface area contributed by atoms with Crippen molar-refractivity contribution in [3.8, 4) is 0 Å². The molecule has 1 heterocycles. The van der Waals surface area contributed by atoms with Crippen LogP contribution in [-0.4, -0.2) is 24.3 Å². The van der Waals surface area contributed by atoms with E-state index in [1.807, 2.05) is 6.92 Å². The Kier molecular flexibility index (Phi) is 3.69. The number of carboxylic acid groups (broad SMARTS) is 1. The lowest BCUT2D eigenvalue weighted by molar-refractivity contribution is -0.132. The van der Waals surface area contributed by atoms with E-state index in [0.29, 0.717) is 37.0 Å². The smallest absolute Gasteiger partial charge is 0.331 e. The molecule has 1 unspecified atom stereocenters. The maximum absolute atomic E-state index is 11.0. The van der Waals surface area contributed by atoms with Crippen molar-refractivity contribution in [3.05, 3.63) is 11.1 Å². The number of carboxylic acids is 1. The van der Waals surface area contributed by atoms with Gasteiger partial charge in [0.2, 0.25) is 0 Å². The third-order valence-corrected chi connectivity index (χ3v) is 2.81. The van der Waals surface area contributed by atoms with E-state index in [-0.39, 0.29) is 0 Å². The summed E-state index contributed by atoms with van der Waals surface area (Å²) in [5, 5.41) is 9.02. The first kappa shape index (κ1) is 11.2. The van der Waals surface area contributed by atoms with Gasteiger partial charge in [-0.1, -0.05) is 20.8 Å². The van der Waals surface area contributed by atoms with E-state index in [2.05, 4.69) is 13.8 Å². The van der Waals surface area contributed by atoms with Crippen LogP contribution in [0.3, 0.4) is 0 Å². The zero-order chi connectivity index (χ0) is 10.7. The molecule has 0 bridgehead atoms. The van der Waals surface area contributed by atoms with Crippen molar-refractivity contribution < 1.29 is 14.6 Å². The quantitative estimate of drug-likeness (QED) is 0.706. The zero-order valence-corrected chi connectivity index (χ0v) is 9.04. The molecule has 0 saturated carbocycles. The molecule has 1 aliphatic rings. The molecule has 0 aromatic rings. The van der Waals surface area contributed by atoms with Crippen LogP contribution in [0, 0.1) is 11.8 Å². The fraction of sp³-hybridized carbons (Fsp3) is 0.727. The van der Waals surface area contributed by atoms with Gasteiger partial charge in [-0.3, -0.25) is 0 Å². The van der Waals surface area contributed by atoms with E-state index >= 15 is 0 Å². The molecule has 1 fully saturated rings. The maximum Gasteiger partial charge on any atom is 0.331 e. The SMILES string of the molecule is CC/C(C(=O)O)=C1\COCC1C(C)C. The van der Waals surface area contributed by atoms with Crippen LogP contribution in [0.1, 0.15) is 27.2 Å². The van der Waals surface area contributed by atoms with E-state index in [1.54, 1.807) is 0 Å². The van der Waals surface area contributed by atoms with Crippen LogP contribution in [-0.2, 0) is 9.53 Å². The Morgan fingerprint density at radius 2 is 2.29 bits per heavy atom. The molecular weight excluding hydrogens is 180 g/mol. The lowest BCUT2D eigenvalue weighted by Crippen LogP contribution is -2.15. The van der Waals surface area contributed by atoms with Gasteiger partial charge in [-0.15, -0.1) is 0 Å². The molecule has 0 spiro atoms. The number of hydrogen-bond donors (Lipinski definition) is 1. The first-order valence-corrected chi connectivity index (χ1v) is 5.10. The lowest BCUT2D eigenvalue weighted by Gasteiger charge is -2.16. The average molecular weight is 198 g/mol. The van der Waals surface area contributed by atoms with Gasteiger partial charge in [0.15, 0.2) is 0 Å². The Morgan fingerprint density at radius 1 is 1.64 bits per heavy atom. The second-order valence-electron chi connectivity index (χ2n) is 4.03. The third kappa shape index (κ3) is 2.15. The summed E-state index contributed by atoms with van der Waals surface area (Å²) in [5.74, 6) is -0.0481. The highest BCUT2D eigenvalue weighted by Crippen LogP contribution is 2.30. The Morgan fingerprint density at radius 3 is 2.71 bits per heavy atom. The number of aliphatic carboxylic acids is 1. The first-order valence-electron chi connectivity index (χ1n) is 5.10. The van der Waals surface area contributed by atoms with Gasteiger partial charge >= 0.3 is 5.97 Å². The highest BCUT2D eigenvalue weighted by Gasteiger charge is 2.28. The summed E-state index contributed by atoms with van der Waals surface area (Å²) in [7, 11) is 0. The van der Waals surface area contributed by atoms with Gasteiger partial charge in [-0.2, -0.15) is 0 Å². The normalized spacial score (nSPS) is 25.6. The van der Waals surface area contributed by atoms with Crippen molar-refractivity contribution in [1.82, 2.24) is 0 Å². The van der Waals surface area contributed by atoms with E-state index in [9.17, 15) is 4.79 Å². The van der Waals surface area contributed by atoms with Gasteiger partial charge < -0.3 is 9.84 Å². The van der Waals surface area contributed by atoms with Crippen LogP contribution < -0.4 is 0 Å². The van der Waals surface area contributed by atoms with Gasteiger partial charge in [-0.05, 0) is 17.9 Å². The molecule has 0 amide bonds. The van der Waals surface area contributed by atoms with Crippen LogP contribution in [0.2, 0.25) is 0 Å². The second-order valence-corrected chi connectivity index (χ2v) is 4.03. The molecular formula is C11H18O3. The minimum absolute atomic E-state index is 0.293. The van der Waals surface area contributed by atoms with Crippen molar-refractivity contribution >= 4 is 5.97 Å². The number of carbonyl (C=O) groups is 1. The van der Waals surface area contributed by atoms with Gasteiger partial charge in [-0.25, -0.2) is 4.79 Å². The Hall–Kier alpha value is -0.830. The van der Waals surface area contributed by atoms with Gasteiger partial charge in [0.25, 0.3) is 0 Å². The summed E-state index contributed by atoms with van der Waals surface area (Å²) in [6, 6.07) is 0. The predicted molar refractivity (Wildman–Crippen MR) is 54.1 cm³/mol. The van der Waals surface area contributed by atoms with Crippen LogP contribution >= 0.6 is 0 Å². The fourth-order valence-electron chi connectivity index (χ4n) is 1.92. The molecule has 0 aliphatic carbocycles. The van der Waals surface area contributed by atoms with E-state index in [0.717, 1.165) is 5.57 Å². The number of ether oxygens (including phenoxy) is 1. The molecule has 1 saturated heterocycles. The van der Waals surface area contributed by atoms with Crippen LogP contribution in [0.4, 0.5) is 0 Å². The van der Waals surface area contributed by atoms with E-state index < -0.39 is 5.97 Å². The van der Waals surface area contributed by atoms with Crippen molar-refractivity contribution in [3.63, 3.8) is 0 Å². The largest absolute Gasteiger partial charge is 0.478 e. The predicted octanol–water partition coefficient (Wildman–Crippen LogP) is 2.08. The Balaban J connectivity index is 2.97. The summed E-state index contributed by atoms with van der Waals surface area (Å²) in [4.78, 5) is 11.0. The summed E-state index contributed by atoms with van der Waals surface area (Å²) >= 11 is 0. The number of hydrogen-bond acceptors (Lipinski definition) is 2. The van der Waals surface area contributed by atoms with Gasteiger partial charge in [0, 0.05) is 11.5 Å². The molecule has 1 atom stereocenters. The van der Waals surface area contributed by atoms with Crippen molar-refractivity contribution in [1.29, 1.82) is 0 Å². The van der Waals surface area contributed by atoms with Crippen LogP contribution in [0.15, 0.2) is 11.1 Å². The van der Waals surface area contributed by atoms with E-state index in [1.165, 1.54) is 0 Å². The van der Waals surface area contributed by atoms with Gasteiger partial charge in [0.1, 0.15) is 0 Å². The zero-order valence-electron chi connectivity index (χ0n) is 9.04. The van der Waals surface area contributed by atoms with Gasteiger partial charge in [0.05, 0.1) is 13.2 Å². The summed E-state index contributed by atoms with van der Waals surface area (Å²) in [6.07, 6.45) is 0.581. The van der Waals surface area contributed by atoms with E-state index in [4.69, 9.17) is 9.84 Å². The summed E-state index contributed by atoms with van der Waals surface area (Å²) in [6.45, 7) is 7.26. The molecule has 0 aromatic heterocycles. The second kappa shape index (κ2) is 4.60. The summed E-state index contributed by atoms with van der Waals surface area (Å²) < 4.78 is 5.34. The topological polar surface area (TPSA) is 46.5 Å². The molecule has 80 valence electrons. The fourth-order valence-corrected chi connectivity index (χ4v) is 1.92. The molecule has 3 heteroatoms. The third-order valence-electron chi connectivity index (χ3n) is 2.81. The maximum atomic E-state index is 11.0. The standard InChI is InChI=1S/C11H18O3/c1-4-8(11(12)13)10-6-14-5-9(10)7(2)3/h7,9H,4-6H2,1-3H3,(H,12,13)/b10-8-. The Bertz CT molecular complexity index is 253. The molecule has 1 N–H and O–H groups in total. The number of rotatable bonds is 3. The highest BCUT2D eigenvalue weighted by molar-refractivity contribution is 5.87. The molecule has 14 heavy (non-hydrogen) atoms. The van der Waals surface area contributed by atoms with Crippen molar-refractivity contribution in [2.75, 3.05) is 13.2 Å². The van der Waals surface area contributed by atoms with Crippen molar-refractivity contribution in [2.24, 2.45) is 11.8 Å². The minimum Gasteiger partial charge on any atom is -0.478 e. The average Bonchev–Trinajstić information content (AvgIpc) is 2.53. The molecule has 1 rings (SSSR count). The van der Waals surface area contributed by atoms with Crippen molar-refractivity contribution in [2.45, 2.75) is 27.2 Å². The summed E-state index contributed by atoms with van der Waals surface area (Å²) in [5.41, 5.74) is 1.54. The monoisotopic (exact) mass is 198 g/mol. The molecule has 1 aliphatic heterocycles. The minimum atomic E-state index is -0.793. The Labute approximate surface area is 84.8 Å². The molecule has 0 radical (unpaired) electrons. The lowest BCUT2D eigenvalue weighted by atomic mass is 9.87. The molecule has 3 nitrogen and oxygen atoms in total. The van der Waals surface area contributed by atoms with Crippen LogP contribution in [0.5, 0.6) is 0 Å². The molecule has 0 aromatic carbocycles. The highest BCUT2D eigenvalue weighted by atomic mass is 16.5. The first-order chi connectivity index (χ1) is 6.57. The van der Waals surface area contributed by atoms with Crippen LogP contribution in [0.25, 0.3) is 0 Å².